The van der Waals surface area contributed by atoms with Crippen molar-refractivity contribution in [2.24, 2.45) is 0 Å². The summed E-state index contributed by atoms with van der Waals surface area (Å²) in [7, 11) is -3.38. The third-order valence-electron chi connectivity index (χ3n) is 3.99. The lowest BCUT2D eigenvalue weighted by molar-refractivity contribution is -0.121. The summed E-state index contributed by atoms with van der Waals surface area (Å²) in [6.45, 7) is 2.81. The van der Waals surface area contributed by atoms with Crippen molar-refractivity contribution in [3.8, 4) is 0 Å². The van der Waals surface area contributed by atoms with Crippen molar-refractivity contribution in [1.82, 2.24) is 5.32 Å². The van der Waals surface area contributed by atoms with E-state index in [1.165, 1.54) is 10.6 Å². The minimum atomic E-state index is -3.38. The lowest BCUT2D eigenvalue weighted by atomic mass is 10.2. The summed E-state index contributed by atoms with van der Waals surface area (Å²) in [4.78, 5) is 11.9. The van der Waals surface area contributed by atoms with E-state index >= 15 is 0 Å². The third-order valence-corrected chi connectivity index (χ3v) is 5.18. The number of anilines is 1. The zero-order valence-electron chi connectivity index (χ0n) is 15.3. The predicted octanol–water partition coefficient (Wildman–Crippen LogP) is 2.88. The average molecular weight is 378 g/mol. The number of aryl methyl sites for hydroxylation is 2. The fraction of sp³-hybridized carbons (Fsp3) is 0.421. The first-order chi connectivity index (χ1) is 12.4. The van der Waals surface area contributed by atoms with Gasteiger partial charge in [0.25, 0.3) is 0 Å². The van der Waals surface area contributed by atoms with Crippen molar-refractivity contribution in [2.75, 3.05) is 23.7 Å². The number of hydrogen-bond donors (Lipinski definition) is 1. The molecule has 0 unspecified atom stereocenters. The predicted molar refractivity (Wildman–Crippen MR) is 103 cm³/mol. The molecule has 0 bridgehead atoms. The van der Waals surface area contributed by atoms with E-state index in [1.807, 2.05) is 31.2 Å². The van der Waals surface area contributed by atoms with Crippen LogP contribution >= 0.6 is 0 Å². The Kier molecular flexibility index (Phi) is 7.26. The molecule has 2 aromatic rings. The number of furan rings is 1. The minimum Gasteiger partial charge on any atom is -0.469 e. The molecule has 142 valence electrons. The fourth-order valence-electron chi connectivity index (χ4n) is 2.61. The Labute approximate surface area is 155 Å². The van der Waals surface area contributed by atoms with Gasteiger partial charge >= 0.3 is 0 Å². The Bertz CT molecular complexity index is 783. The first kappa shape index (κ1) is 20.0. The Balaban J connectivity index is 1.74. The molecule has 0 aliphatic carbocycles. The molecule has 0 aliphatic heterocycles. The number of sulfonamides is 1. The van der Waals surface area contributed by atoms with Crippen LogP contribution in [0.5, 0.6) is 0 Å². The molecule has 1 amide bonds. The van der Waals surface area contributed by atoms with Crippen LogP contribution < -0.4 is 9.62 Å². The standard InChI is InChI=1S/C19H26N2O4S/c1-16-9-11-17(12-10-16)21(26(2,23)24)14-4-8-19(22)20-13-3-6-18-7-5-15-25-18/h5,7,9-12,15H,3-4,6,8,13-14H2,1-2H3,(H,20,22). The van der Waals surface area contributed by atoms with Gasteiger partial charge in [0.15, 0.2) is 0 Å². The molecule has 0 spiro atoms. The molecule has 0 radical (unpaired) electrons. The van der Waals surface area contributed by atoms with E-state index in [2.05, 4.69) is 5.32 Å². The summed E-state index contributed by atoms with van der Waals surface area (Å²) >= 11 is 0. The van der Waals surface area contributed by atoms with E-state index in [0.717, 1.165) is 24.2 Å². The molecule has 1 aromatic heterocycles. The average Bonchev–Trinajstić information content (AvgIpc) is 3.09. The van der Waals surface area contributed by atoms with Crippen LogP contribution in [-0.2, 0) is 21.2 Å². The first-order valence-corrected chi connectivity index (χ1v) is 10.5. The van der Waals surface area contributed by atoms with E-state index in [9.17, 15) is 13.2 Å². The molecular formula is C19H26N2O4S. The van der Waals surface area contributed by atoms with E-state index in [0.29, 0.717) is 25.1 Å². The molecule has 6 nitrogen and oxygen atoms in total. The van der Waals surface area contributed by atoms with Gasteiger partial charge in [0.1, 0.15) is 5.76 Å². The van der Waals surface area contributed by atoms with Gasteiger partial charge in [-0.15, -0.1) is 0 Å². The Hall–Kier alpha value is -2.28. The number of nitrogens with zero attached hydrogens (tertiary/aromatic N) is 1. The normalized spacial score (nSPS) is 11.3. The van der Waals surface area contributed by atoms with E-state index in [4.69, 9.17) is 4.42 Å². The number of benzene rings is 1. The Morgan fingerprint density at radius 2 is 1.88 bits per heavy atom. The smallest absolute Gasteiger partial charge is 0.232 e. The van der Waals surface area contributed by atoms with Crippen molar-refractivity contribution < 1.29 is 17.6 Å². The topological polar surface area (TPSA) is 79.6 Å². The molecule has 1 N–H and O–H groups in total. The van der Waals surface area contributed by atoms with E-state index < -0.39 is 10.0 Å². The van der Waals surface area contributed by atoms with Gasteiger partial charge in [-0.3, -0.25) is 9.10 Å². The van der Waals surface area contributed by atoms with Gasteiger partial charge < -0.3 is 9.73 Å². The summed E-state index contributed by atoms with van der Waals surface area (Å²) in [6, 6.07) is 11.1. The lowest BCUT2D eigenvalue weighted by Gasteiger charge is -2.22. The summed E-state index contributed by atoms with van der Waals surface area (Å²) < 4.78 is 30.6. The van der Waals surface area contributed by atoms with E-state index in [-0.39, 0.29) is 12.5 Å². The van der Waals surface area contributed by atoms with Crippen molar-refractivity contribution in [3.05, 3.63) is 54.0 Å². The number of carbonyl (C=O) groups excluding carboxylic acids is 1. The SMILES string of the molecule is Cc1ccc(N(CCCC(=O)NCCCc2ccco2)S(C)(=O)=O)cc1. The highest BCUT2D eigenvalue weighted by atomic mass is 32.2. The van der Waals surface area contributed by atoms with Crippen molar-refractivity contribution in [2.45, 2.75) is 32.6 Å². The quantitative estimate of drug-likeness (QED) is 0.645. The second-order valence-corrected chi connectivity index (χ2v) is 8.21. The van der Waals surface area contributed by atoms with Gasteiger partial charge in [-0.2, -0.15) is 0 Å². The van der Waals surface area contributed by atoms with Gasteiger partial charge in [-0.1, -0.05) is 17.7 Å². The zero-order chi connectivity index (χ0) is 19.0. The largest absolute Gasteiger partial charge is 0.469 e. The number of amides is 1. The van der Waals surface area contributed by atoms with Gasteiger partial charge in [0, 0.05) is 25.9 Å². The highest BCUT2D eigenvalue weighted by Gasteiger charge is 2.17. The maximum absolute atomic E-state index is 12.0. The van der Waals surface area contributed by atoms with Crippen LogP contribution in [0.25, 0.3) is 0 Å². The maximum atomic E-state index is 12.0. The Morgan fingerprint density at radius 3 is 2.50 bits per heavy atom. The Morgan fingerprint density at radius 1 is 1.15 bits per heavy atom. The van der Waals surface area contributed by atoms with Crippen LogP contribution in [0.3, 0.4) is 0 Å². The van der Waals surface area contributed by atoms with Crippen molar-refractivity contribution >= 4 is 21.6 Å². The summed E-state index contributed by atoms with van der Waals surface area (Å²) in [5.41, 5.74) is 1.69. The molecule has 0 atom stereocenters. The number of nitrogens with one attached hydrogen (secondary N) is 1. The highest BCUT2D eigenvalue weighted by Crippen LogP contribution is 2.18. The fourth-order valence-corrected chi connectivity index (χ4v) is 3.58. The van der Waals surface area contributed by atoms with Crippen molar-refractivity contribution in [1.29, 1.82) is 0 Å². The number of hydrogen-bond acceptors (Lipinski definition) is 4. The minimum absolute atomic E-state index is 0.0678. The molecule has 7 heteroatoms. The van der Waals surface area contributed by atoms with Crippen molar-refractivity contribution in [3.63, 3.8) is 0 Å². The van der Waals surface area contributed by atoms with Crippen LogP contribution in [-0.4, -0.2) is 33.7 Å². The zero-order valence-corrected chi connectivity index (χ0v) is 16.1. The van der Waals surface area contributed by atoms with E-state index in [1.54, 1.807) is 18.4 Å². The van der Waals surface area contributed by atoms with Crippen LogP contribution in [0.1, 0.15) is 30.6 Å². The molecule has 1 heterocycles. The van der Waals surface area contributed by atoms with Crippen LogP contribution in [0.15, 0.2) is 47.1 Å². The molecular weight excluding hydrogens is 352 g/mol. The lowest BCUT2D eigenvalue weighted by Crippen LogP contribution is -2.32. The summed E-state index contributed by atoms with van der Waals surface area (Å²) in [6.07, 6.45) is 5.15. The maximum Gasteiger partial charge on any atom is 0.232 e. The van der Waals surface area contributed by atoms with Gasteiger partial charge in [-0.25, -0.2) is 8.42 Å². The third kappa shape index (κ3) is 6.55. The molecule has 0 aliphatic rings. The highest BCUT2D eigenvalue weighted by molar-refractivity contribution is 7.92. The second kappa shape index (κ2) is 9.43. The molecule has 0 saturated heterocycles. The monoisotopic (exact) mass is 378 g/mol. The number of carbonyl (C=O) groups is 1. The van der Waals surface area contributed by atoms with Gasteiger partial charge in [0.2, 0.25) is 15.9 Å². The van der Waals surface area contributed by atoms with Crippen LogP contribution in [0.2, 0.25) is 0 Å². The molecule has 0 fully saturated rings. The van der Waals surface area contributed by atoms with Crippen LogP contribution in [0.4, 0.5) is 5.69 Å². The molecule has 0 saturated carbocycles. The summed E-state index contributed by atoms with van der Waals surface area (Å²) in [5, 5.41) is 2.86. The number of rotatable bonds is 10. The summed E-state index contributed by atoms with van der Waals surface area (Å²) in [5.74, 6) is 0.836. The van der Waals surface area contributed by atoms with Crippen LogP contribution in [0, 0.1) is 6.92 Å². The van der Waals surface area contributed by atoms with Gasteiger partial charge in [0.05, 0.1) is 18.2 Å². The molecule has 1 aromatic carbocycles. The first-order valence-electron chi connectivity index (χ1n) is 8.70. The van der Waals surface area contributed by atoms with Gasteiger partial charge in [-0.05, 0) is 44.0 Å². The second-order valence-electron chi connectivity index (χ2n) is 6.31. The molecule has 2 rings (SSSR count). The molecule has 26 heavy (non-hydrogen) atoms.